The Morgan fingerprint density at radius 2 is 2.23 bits per heavy atom. The van der Waals surface area contributed by atoms with Gasteiger partial charge in [-0.05, 0) is 24.1 Å². The van der Waals surface area contributed by atoms with Crippen molar-refractivity contribution in [3.8, 4) is 5.75 Å². The van der Waals surface area contributed by atoms with Crippen LogP contribution in [0.5, 0.6) is 5.75 Å². The van der Waals surface area contributed by atoms with E-state index in [0.29, 0.717) is 11.6 Å². The Bertz CT molecular complexity index is 288. The van der Waals surface area contributed by atoms with Crippen LogP contribution >= 0.6 is 11.6 Å². The second-order valence-electron chi connectivity index (χ2n) is 3.00. The highest BCUT2D eigenvalue weighted by Gasteiger charge is 2.11. The third-order valence-electron chi connectivity index (χ3n) is 2.09. The fraction of sp³-hybridized carbons (Fsp3) is 0.400. The van der Waals surface area contributed by atoms with Crippen molar-refractivity contribution in [2.45, 2.75) is 12.8 Å². The van der Waals surface area contributed by atoms with E-state index in [1.807, 2.05) is 25.1 Å². The summed E-state index contributed by atoms with van der Waals surface area (Å²) in [6.07, 6.45) is 0. The lowest BCUT2D eigenvalue weighted by Crippen LogP contribution is -2.10. The van der Waals surface area contributed by atoms with Crippen LogP contribution in [0.2, 0.25) is 5.02 Å². The highest BCUT2D eigenvalue weighted by atomic mass is 35.5. The maximum Gasteiger partial charge on any atom is 0.140 e. The van der Waals surface area contributed by atoms with E-state index < -0.39 is 0 Å². The summed E-state index contributed by atoms with van der Waals surface area (Å²) in [4.78, 5) is 0. The van der Waals surface area contributed by atoms with E-state index in [0.717, 1.165) is 11.3 Å². The van der Waals surface area contributed by atoms with Crippen LogP contribution in [-0.2, 0) is 0 Å². The SMILES string of the molecule is COc1c(Cl)cccc1C(C)CN. The van der Waals surface area contributed by atoms with Gasteiger partial charge in [-0.1, -0.05) is 30.7 Å². The Balaban J connectivity index is 3.12. The molecule has 0 saturated heterocycles. The Labute approximate surface area is 83.6 Å². The van der Waals surface area contributed by atoms with Crippen LogP contribution in [0.15, 0.2) is 18.2 Å². The minimum Gasteiger partial charge on any atom is -0.495 e. The molecular weight excluding hydrogens is 186 g/mol. The van der Waals surface area contributed by atoms with E-state index in [9.17, 15) is 0 Å². The highest BCUT2D eigenvalue weighted by Crippen LogP contribution is 2.32. The zero-order chi connectivity index (χ0) is 9.84. The molecule has 0 amide bonds. The van der Waals surface area contributed by atoms with Crippen LogP contribution in [0.1, 0.15) is 18.4 Å². The minimum atomic E-state index is 0.272. The van der Waals surface area contributed by atoms with Crippen LogP contribution in [0.25, 0.3) is 0 Å². The Hall–Kier alpha value is -0.730. The molecule has 0 fully saturated rings. The minimum absolute atomic E-state index is 0.272. The first kappa shape index (κ1) is 10.4. The van der Waals surface area contributed by atoms with Crippen molar-refractivity contribution >= 4 is 11.6 Å². The van der Waals surface area contributed by atoms with Crippen molar-refractivity contribution in [1.82, 2.24) is 0 Å². The third-order valence-corrected chi connectivity index (χ3v) is 2.38. The largest absolute Gasteiger partial charge is 0.495 e. The summed E-state index contributed by atoms with van der Waals surface area (Å²) in [6, 6.07) is 5.71. The zero-order valence-electron chi connectivity index (χ0n) is 7.88. The van der Waals surface area contributed by atoms with Crippen LogP contribution in [0.3, 0.4) is 0 Å². The van der Waals surface area contributed by atoms with Gasteiger partial charge in [-0.3, -0.25) is 0 Å². The molecule has 0 spiro atoms. The third kappa shape index (κ3) is 2.14. The Morgan fingerprint density at radius 1 is 1.54 bits per heavy atom. The second-order valence-corrected chi connectivity index (χ2v) is 3.41. The molecule has 1 unspecified atom stereocenters. The molecule has 0 radical (unpaired) electrons. The Kier molecular flexibility index (Phi) is 3.58. The molecule has 0 aliphatic carbocycles. The Morgan fingerprint density at radius 3 is 2.77 bits per heavy atom. The highest BCUT2D eigenvalue weighted by molar-refractivity contribution is 6.32. The van der Waals surface area contributed by atoms with Gasteiger partial charge in [0.05, 0.1) is 12.1 Å². The maximum absolute atomic E-state index is 5.96. The number of nitrogens with two attached hydrogens (primary N) is 1. The fourth-order valence-corrected chi connectivity index (χ4v) is 1.51. The standard InChI is InChI=1S/C10H14ClNO/c1-7(6-12)8-4-3-5-9(11)10(8)13-2/h3-5,7H,6,12H2,1-2H3. The van der Waals surface area contributed by atoms with Crippen LogP contribution < -0.4 is 10.5 Å². The summed E-state index contributed by atoms with van der Waals surface area (Å²) in [5.74, 6) is 1.01. The lowest BCUT2D eigenvalue weighted by Gasteiger charge is -2.14. The van der Waals surface area contributed by atoms with Gasteiger partial charge in [-0.2, -0.15) is 0 Å². The van der Waals surface area contributed by atoms with Crippen molar-refractivity contribution < 1.29 is 4.74 Å². The lowest BCUT2D eigenvalue weighted by atomic mass is 10.0. The number of para-hydroxylation sites is 1. The molecule has 3 heteroatoms. The average molecular weight is 200 g/mol. The van der Waals surface area contributed by atoms with E-state index in [1.54, 1.807) is 7.11 Å². The van der Waals surface area contributed by atoms with E-state index >= 15 is 0 Å². The summed E-state index contributed by atoms with van der Waals surface area (Å²) in [5.41, 5.74) is 6.65. The normalized spacial score (nSPS) is 12.6. The molecule has 0 heterocycles. The molecule has 1 atom stereocenters. The number of ether oxygens (including phenoxy) is 1. The summed E-state index contributed by atoms with van der Waals surface area (Å²) in [6.45, 7) is 2.64. The number of methoxy groups -OCH3 is 1. The number of halogens is 1. The molecule has 2 nitrogen and oxygen atoms in total. The number of rotatable bonds is 3. The van der Waals surface area contributed by atoms with Crippen molar-refractivity contribution in [3.05, 3.63) is 28.8 Å². The smallest absolute Gasteiger partial charge is 0.140 e. The van der Waals surface area contributed by atoms with Crippen LogP contribution in [0, 0.1) is 0 Å². The van der Waals surface area contributed by atoms with Crippen molar-refractivity contribution in [2.75, 3.05) is 13.7 Å². The fourth-order valence-electron chi connectivity index (χ4n) is 1.26. The van der Waals surface area contributed by atoms with Gasteiger partial charge in [-0.15, -0.1) is 0 Å². The summed E-state index contributed by atoms with van der Waals surface area (Å²) in [5, 5.41) is 0.639. The van der Waals surface area contributed by atoms with Gasteiger partial charge in [0, 0.05) is 0 Å². The summed E-state index contributed by atoms with van der Waals surface area (Å²) in [7, 11) is 1.62. The summed E-state index contributed by atoms with van der Waals surface area (Å²) >= 11 is 5.96. The van der Waals surface area contributed by atoms with Gasteiger partial charge >= 0.3 is 0 Å². The zero-order valence-corrected chi connectivity index (χ0v) is 8.64. The van der Waals surface area contributed by atoms with Gasteiger partial charge < -0.3 is 10.5 Å². The molecule has 0 aliphatic rings. The van der Waals surface area contributed by atoms with Gasteiger partial charge in [0.15, 0.2) is 0 Å². The van der Waals surface area contributed by atoms with Crippen LogP contribution in [0.4, 0.5) is 0 Å². The molecule has 13 heavy (non-hydrogen) atoms. The van der Waals surface area contributed by atoms with E-state index in [-0.39, 0.29) is 5.92 Å². The van der Waals surface area contributed by atoms with Crippen molar-refractivity contribution in [2.24, 2.45) is 5.73 Å². The first-order chi connectivity index (χ1) is 6.20. The predicted molar refractivity (Wildman–Crippen MR) is 55.5 cm³/mol. The summed E-state index contributed by atoms with van der Waals surface area (Å²) < 4.78 is 5.21. The topological polar surface area (TPSA) is 35.2 Å². The number of hydrogen-bond donors (Lipinski definition) is 1. The van der Waals surface area contributed by atoms with Gasteiger partial charge in [0.2, 0.25) is 0 Å². The van der Waals surface area contributed by atoms with Gasteiger partial charge in [-0.25, -0.2) is 0 Å². The lowest BCUT2D eigenvalue weighted by molar-refractivity contribution is 0.407. The molecule has 72 valence electrons. The molecule has 1 aromatic rings. The van der Waals surface area contributed by atoms with Crippen LogP contribution in [-0.4, -0.2) is 13.7 Å². The average Bonchev–Trinajstić information content (AvgIpc) is 2.16. The second kappa shape index (κ2) is 4.49. The van der Waals surface area contributed by atoms with Gasteiger partial charge in [0.1, 0.15) is 5.75 Å². The molecule has 0 bridgehead atoms. The van der Waals surface area contributed by atoms with E-state index in [1.165, 1.54) is 0 Å². The first-order valence-electron chi connectivity index (χ1n) is 4.23. The molecule has 1 aromatic carbocycles. The molecule has 2 N–H and O–H groups in total. The quantitative estimate of drug-likeness (QED) is 0.812. The molecular formula is C10H14ClNO. The molecule has 1 rings (SSSR count). The van der Waals surface area contributed by atoms with Crippen molar-refractivity contribution in [3.63, 3.8) is 0 Å². The van der Waals surface area contributed by atoms with E-state index in [4.69, 9.17) is 22.1 Å². The van der Waals surface area contributed by atoms with Gasteiger partial charge in [0.25, 0.3) is 0 Å². The molecule has 0 saturated carbocycles. The molecule has 0 aromatic heterocycles. The monoisotopic (exact) mass is 199 g/mol. The first-order valence-corrected chi connectivity index (χ1v) is 4.61. The molecule has 0 aliphatic heterocycles. The van der Waals surface area contributed by atoms with E-state index in [2.05, 4.69) is 0 Å². The van der Waals surface area contributed by atoms with Crippen molar-refractivity contribution in [1.29, 1.82) is 0 Å². The predicted octanol–water partition coefficient (Wildman–Crippen LogP) is 2.41. The number of hydrogen-bond acceptors (Lipinski definition) is 2. The number of benzene rings is 1. The maximum atomic E-state index is 5.96.